The topological polar surface area (TPSA) is 94.3 Å². The first-order chi connectivity index (χ1) is 10.2. The van der Waals surface area contributed by atoms with Crippen LogP contribution in [0.5, 0.6) is 0 Å². The molecule has 1 aromatic heterocycles. The number of nitrogens with zero attached hydrogens (tertiary/aromatic N) is 1. The van der Waals surface area contributed by atoms with Gasteiger partial charge in [-0.2, -0.15) is 0 Å². The van der Waals surface area contributed by atoms with E-state index in [-0.39, 0.29) is 11.7 Å². The quantitative estimate of drug-likeness (QED) is 0.893. The van der Waals surface area contributed by atoms with Gasteiger partial charge in [-0.3, -0.25) is 9.78 Å². The highest BCUT2D eigenvalue weighted by Gasteiger charge is 2.20. The third kappa shape index (κ3) is 7.06. The van der Waals surface area contributed by atoms with E-state index in [1.165, 1.54) is 6.20 Å². The van der Waals surface area contributed by atoms with Crippen LogP contribution in [0.25, 0.3) is 0 Å². The Labute approximate surface area is 132 Å². The molecule has 6 heteroatoms. The largest absolute Gasteiger partial charge is 0.444 e. The maximum Gasteiger partial charge on any atom is 0.408 e. The molecule has 0 aliphatic carbocycles. The maximum absolute atomic E-state index is 11.8. The molecule has 0 spiro atoms. The highest BCUT2D eigenvalue weighted by atomic mass is 16.6. The van der Waals surface area contributed by atoms with Crippen LogP contribution in [-0.2, 0) is 4.74 Å². The number of carbonyl (C=O) groups is 2. The van der Waals surface area contributed by atoms with E-state index in [2.05, 4.69) is 10.3 Å². The molecule has 1 atom stereocenters. The van der Waals surface area contributed by atoms with Crippen molar-refractivity contribution in [1.82, 2.24) is 10.3 Å². The van der Waals surface area contributed by atoms with Crippen LogP contribution in [0, 0.1) is 0 Å². The smallest absolute Gasteiger partial charge is 0.408 e. The van der Waals surface area contributed by atoms with Gasteiger partial charge in [-0.1, -0.05) is 20.8 Å². The summed E-state index contributed by atoms with van der Waals surface area (Å²) in [4.78, 5) is 26.8. The van der Waals surface area contributed by atoms with Crippen molar-refractivity contribution in [3.8, 4) is 0 Å². The lowest BCUT2D eigenvalue weighted by Gasteiger charge is -2.23. The summed E-state index contributed by atoms with van der Waals surface area (Å²) in [5, 5.41) is 2.76. The summed E-state index contributed by atoms with van der Waals surface area (Å²) in [6.07, 6.45) is 1.65. The van der Waals surface area contributed by atoms with Crippen molar-refractivity contribution < 1.29 is 14.3 Å². The Hall–Kier alpha value is -2.11. The molecule has 1 heterocycles. The molecule has 0 saturated carbocycles. The Bertz CT molecular complexity index is 496. The maximum atomic E-state index is 11.8. The van der Waals surface area contributed by atoms with Crippen molar-refractivity contribution in [2.45, 2.75) is 59.6 Å². The van der Waals surface area contributed by atoms with Crippen LogP contribution in [0.2, 0.25) is 0 Å². The number of ether oxygens (including phenoxy) is 1. The van der Waals surface area contributed by atoms with Crippen molar-refractivity contribution in [1.29, 1.82) is 0 Å². The Morgan fingerprint density at radius 2 is 1.95 bits per heavy atom. The number of aromatic nitrogens is 1. The molecule has 2 amide bonds. The van der Waals surface area contributed by atoms with E-state index in [9.17, 15) is 9.59 Å². The van der Waals surface area contributed by atoms with E-state index < -0.39 is 17.6 Å². The first kappa shape index (κ1) is 19.9. The third-order valence-electron chi connectivity index (χ3n) is 2.54. The molecule has 22 heavy (non-hydrogen) atoms. The molecular weight excluding hydrogens is 282 g/mol. The van der Waals surface area contributed by atoms with E-state index in [1.807, 2.05) is 20.8 Å². The fourth-order valence-electron chi connectivity index (χ4n) is 1.67. The molecule has 124 valence electrons. The van der Waals surface area contributed by atoms with Gasteiger partial charge >= 0.3 is 6.09 Å². The minimum Gasteiger partial charge on any atom is -0.444 e. The summed E-state index contributed by atoms with van der Waals surface area (Å²) in [5.74, 6) is -0.598. The van der Waals surface area contributed by atoms with Gasteiger partial charge in [0.2, 0.25) is 0 Å². The van der Waals surface area contributed by atoms with Crippen molar-refractivity contribution in [2.75, 3.05) is 0 Å². The third-order valence-corrected chi connectivity index (χ3v) is 2.54. The second-order valence-electron chi connectivity index (χ2n) is 5.45. The van der Waals surface area contributed by atoms with Crippen LogP contribution in [0.15, 0.2) is 18.3 Å². The first-order valence-electron chi connectivity index (χ1n) is 7.48. The second kappa shape index (κ2) is 9.02. The fraction of sp³-hybridized carbons (Fsp3) is 0.562. The lowest BCUT2D eigenvalue weighted by Crippen LogP contribution is -2.34. The number of pyridine rings is 1. The molecule has 0 fully saturated rings. The van der Waals surface area contributed by atoms with Gasteiger partial charge in [0.05, 0.1) is 6.04 Å². The lowest BCUT2D eigenvalue weighted by atomic mass is 10.1. The van der Waals surface area contributed by atoms with E-state index in [0.717, 1.165) is 5.56 Å². The molecule has 0 bridgehead atoms. The molecular formula is C16H27N3O3. The standard InChI is InChI=1S/C14H21N3O3.C2H6/c1-5-10(17-13(19)20-14(2,3)4)9-6-7-16-11(8-9)12(15)18;1-2/h6-8,10H,5H2,1-4H3,(H2,15,18)(H,17,19);1-2H3/t10-;/m0./s1. The lowest BCUT2D eigenvalue weighted by molar-refractivity contribution is 0.0502. The predicted molar refractivity (Wildman–Crippen MR) is 86.5 cm³/mol. The van der Waals surface area contributed by atoms with Crippen molar-refractivity contribution in [2.24, 2.45) is 5.73 Å². The van der Waals surface area contributed by atoms with Gasteiger partial charge in [-0.05, 0) is 44.9 Å². The summed E-state index contributed by atoms with van der Waals surface area (Å²) in [5.41, 5.74) is 5.58. The van der Waals surface area contributed by atoms with E-state index in [4.69, 9.17) is 10.5 Å². The number of hydrogen-bond donors (Lipinski definition) is 2. The van der Waals surface area contributed by atoms with Crippen LogP contribution < -0.4 is 11.1 Å². The molecule has 0 aromatic carbocycles. The zero-order chi connectivity index (χ0) is 17.3. The molecule has 0 aliphatic heterocycles. The Morgan fingerprint density at radius 3 is 2.41 bits per heavy atom. The van der Waals surface area contributed by atoms with Gasteiger partial charge in [0.15, 0.2) is 0 Å². The number of carbonyl (C=O) groups excluding carboxylic acids is 2. The van der Waals surface area contributed by atoms with Crippen LogP contribution in [0.3, 0.4) is 0 Å². The normalized spacial score (nSPS) is 11.7. The number of nitrogens with one attached hydrogen (secondary N) is 1. The highest BCUT2D eigenvalue weighted by Crippen LogP contribution is 2.18. The summed E-state index contributed by atoms with van der Waals surface area (Å²) < 4.78 is 5.21. The number of alkyl carbamates (subject to hydrolysis) is 1. The summed E-state index contributed by atoms with van der Waals surface area (Å²) in [6.45, 7) is 11.3. The Kier molecular flexibility index (Phi) is 8.15. The SMILES string of the molecule is CC.CC[C@H](NC(=O)OC(C)(C)C)c1ccnc(C(N)=O)c1. The van der Waals surface area contributed by atoms with Gasteiger partial charge in [0, 0.05) is 6.20 Å². The van der Waals surface area contributed by atoms with Gasteiger partial charge < -0.3 is 15.8 Å². The minimum atomic E-state index is -0.598. The number of nitrogens with two attached hydrogens (primary N) is 1. The highest BCUT2D eigenvalue weighted by molar-refractivity contribution is 5.90. The zero-order valence-corrected chi connectivity index (χ0v) is 14.3. The molecule has 0 aliphatic rings. The molecule has 1 rings (SSSR count). The summed E-state index contributed by atoms with van der Waals surface area (Å²) in [6, 6.07) is 3.05. The van der Waals surface area contributed by atoms with Gasteiger partial charge in [-0.15, -0.1) is 0 Å². The average molecular weight is 309 g/mol. The molecule has 6 nitrogen and oxygen atoms in total. The minimum absolute atomic E-state index is 0.173. The van der Waals surface area contributed by atoms with Crippen LogP contribution >= 0.6 is 0 Å². The number of rotatable bonds is 4. The molecule has 0 unspecified atom stereocenters. The van der Waals surface area contributed by atoms with Crippen LogP contribution in [0.1, 0.15) is 70.1 Å². The van der Waals surface area contributed by atoms with Crippen LogP contribution in [0.4, 0.5) is 4.79 Å². The second-order valence-corrected chi connectivity index (χ2v) is 5.45. The predicted octanol–water partition coefficient (Wildman–Crippen LogP) is 3.18. The van der Waals surface area contributed by atoms with Crippen molar-refractivity contribution in [3.05, 3.63) is 29.6 Å². The van der Waals surface area contributed by atoms with E-state index >= 15 is 0 Å². The van der Waals surface area contributed by atoms with Gasteiger partial charge in [-0.25, -0.2) is 4.79 Å². The molecule has 0 saturated heterocycles. The first-order valence-corrected chi connectivity index (χ1v) is 7.48. The Balaban J connectivity index is 0.00000211. The number of primary amides is 1. The Morgan fingerprint density at radius 1 is 1.36 bits per heavy atom. The summed E-state index contributed by atoms with van der Waals surface area (Å²) in [7, 11) is 0. The van der Waals surface area contributed by atoms with Crippen molar-refractivity contribution >= 4 is 12.0 Å². The average Bonchev–Trinajstić information content (AvgIpc) is 2.45. The molecule has 0 radical (unpaired) electrons. The zero-order valence-electron chi connectivity index (χ0n) is 14.3. The monoisotopic (exact) mass is 309 g/mol. The van der Waals surface area contributed by atoms with Gasteiger partial charge in [0.25, 0.3) is 5.91 Å². The summed E-state index contributed by atoms with van der Waals surface area (Å²) >= 11 is 0. The molecule has 1 aromatic rings. The van der Waals surface area contributed by atoms with E-state index in [1.54, 1.807) is 32.9 Å². The van der Waals surface area contributed by atoms with Crippen LogP contribution in [-0.4, -0.2) is 22.6 Å². The van der Waals surface area contributed by atoms with Crippen molar-refractivity contribution in [3.63, 3.8) is 0 Å². The number of amides is 2. The molecule has 3 N–H and O–H groups in total. The fourth-order valence-corrected chi connectivity index (χ4v) is 1.67. The van der Waals surface area contributed by atoms with E-state index in [0.29, 0.717) is 6.42 Å². The number of hydrogen-bond acceptors (Lipinski definition) is 4. The van der Waals surface area contributed by atoms with Gasteiger partial charge in [0.1, 0.15) is 11.3 Å².